The lowest BCUT2D eigenvalue weighted by atomic mass is 10.0. The lowest BCUT2D eigenvalue weighted by Gasteiger charge is -2.00. The van der Waals surface area contributed by atoms with Gasteiger partial charge in [0.2, 0.25) is 0 Å². The van der Waals surface area contributed by atoms with Crippen LogP contribution in [0.15, 0.2) is 53.0 Å². The Balaban J connectivity index is 2.36. The van der Waals surface area contributed by atoms with Gasteiger partial charge in [0.1, 0.15) is 0 Å². The van der Waals surface area contributed by atoms with Crippen molar-refractivity contribution in [3.8, 4) is 12.1 Å². The van der Waals surface area contributed by atoms with Crippen molar-refractivity contribution in [2.24, 2.45) is 0 Å². The minimum Gasteiger partial charge on any atom is -0.192 e. The van der Waals surface area contributed by atoms with Crippen LogP contribution < -0.4 is 0 Å². The third kappa shape index (κ3) is 3.31. The number of rotatable bonds is 2. The van der Waals surface area contributed by atoms with Crippen LogP contribution in [-0.2, 0) is 0 Å². The van der Waals surface area contributed by atoms with Crippen molar-refractivity contribution in [3.05, 3.63) is 69.7 Å². The fourth-order valence-electron chi connectivity index (χ4n) is 1.63. The summed E-state index contributed by atoms with van der Waals surface area (Å²) in [5.74, 6) is 0. The molecule has 2 aromatic carbocycles. The fraction of sp³-hybridized carbons (Fsp3) is 0. The molecule has 0 N–H and O–H groups in total. The summed E-state index contributed by atoms with van der Waals surface area (Å²) in [6, 6.07) is 19.0. The monoisotopic (exact) mass is 308 g/mol. The highest BCUT2D eigenvalue weighted by molar-refractivity contribution is 9.10. The molecule has 19 heavy (non-hydrogen) atoms. The Labute approximate surface area is 120 Å². The maximum Gasteiger partial charge on any atom is 0.0998 e. The zero-order valence-corrected chi connectivity index (χ0v) is 11.6. The number of nitriles is 2. The molecule has 0 heterocycles. The SMILES string of the molecule is N#C/C(=C\c1ccc(Br)cc1)c1ccc(C#N)cc1. The Morgan fingerprint density at radius 2 is 1.58 bits per heavy atom. The molecule has 0 radical (unpaired) electrons. The van der Waals surface area contributed by atoms with E-state index in [-0.39, 0.29) is 0 Å². The number of benzene rings is 2. The Bertz CT molecular complexity index is 684. The molecule has 0 aliphatic heterocycles. The molecule has 0 aliphatic rings. The third-order valence-electron chi connectivity index (χ3n) is 2.63. The summed E-state index contributed by atoms with van der Waals surface area (Å²) >= 11 is 3.37. The molecule has 0 fully saturated rings. The zero-order chi connectivity index (χ0) is 13.7. The van der Waals surface area contributed by atoms with Gasteiger partial charge in [-0.05, 0) is 41.5 Å². The van der Waals surface area contributed by atoms with E-state index in [0.29, 0.717) is 11.1 Å². The van der Waals surface area contributed by atoms with Gasteiger partial charge in [-0.3, -0.25) is 0 Å². The van der Waals surface area contributed by atoms with Crippen LogP contribution in [0.2, 0.25) is 0 Å². The van der Waals surface area contributed by atoms with Gasteiger partial charge in [0, 0.05) is 4.47 Å². The summed E-state index contributed by atoms with van der Waals surface area (Å²) in [6.45, 7) is 0. The Hall–Kier alpha value is -2.36. The highest BCUT2D eigenvalue weighted by Crippen LogP contribution is 2.19. The number of hydrogen-bond acceptors (Lipinski definition) is 2. The first-order valence-electron chi connectivity index (χ1n) is 5.61. The molecule has 0 saturated carbocycles. The van der Waals surface area contributed by atoms with Gasteiger partial charge in [0.05, 0.1) is 23.3 Å². The number of allylic oxidation sites excluding steroid dienone is 1. The van der Waals surface area contributed by atoms with Crippen LogP contribution in [0.25, 0.3) is 11.6 Å². The molecule has 0 aliphatic carbocycles. The van der Waals surface area contributed by atoms with Crippen LogP contribution in [0.5, 0.6) is 0 Å². The van der Waals surface area contributed by atoms with Crippen LogP contribution >= 0.6 is 15.9 Å². The first kappa shape index (κ1) is 13.1. The van der Waals surface area contributed by atoms with Gasteiger partial charge < -0.3 is 0 Å². The fourth-order valence-corrected chi connectivity index (χ4v) is 1.89. The lowest BCUT2D eigenvalue weighted by molar-refractivity contribution is 1.47. The molecule has 0 aromatic heterocycles. The first-order valence-corrected chi connectivity index (χ1v) is 6.40. The van der Waals surface area contributed by atoms with Gasteiger partial charge in [-0.1, -0.05) is 40.2 Å². The average Bonchev–Trinajstić information content (AvgIpc) is 2.47. The summed E-state index contributed by atoms with van der Waals surface area (Å²) in [5, 5.41) is 18.0. The molecular formula is C16H9BrN2. The van der Waals surface area contributed by atoms with E-state index in [0.717, 1.165) is 15.6 Å². The quantitative estimate of drug-likeness (QED) is 0.610. The molecule has 0 spiro atoms. The molecule has 2 rings (SSSR count). The van der Waals surface area contributed by atoms with E-state index < -0.39 is 0 Å². The van der Waals surface area contributed by atoms with Gasteiger partial charge in [0.25, 0.3) is 0 Å². The van der Waals surface area contributed by atoms with Gasteiger partial charge in [0.15, 0.2) is 0 Å². The molecule has 2 aromatic rings. The second kappa shape index (κ2) is 6.00. The minimum absolute atomic E-state index is 0.576. The predicted molar refractivity (Wildman–Crippen MR) is 78.8 cm³/mol. The normalized spacial score (nSPS) is 10.6. The van der Waals surface area contributed by atoms with Gasteiger partial charge in [-0.25, -0.2) is 0 Å². The van der Waals surface area contributed by atoms with Crippen molar-refractivity contribution in [2.75, 3.05) is 0 Å². The van der Waals surface area contributed by atoms with E-state index in [1.54, 1.807) is 24.3 Å². The average molecular weight is 309 g/mol. The second-order valence-electron chi connectivity index (χ2n) is 3.91. The highest BCUT2D eigenvalue weighted by atomic mass is 79.9. The van der Waals surface area contributed by atoms with E-state index in [1.165, 1.54) is 0 Å². The summed E-state index contributed by atoms with van der Waals surface area (Å²) < 4.78 is 1.00. The summed E-state index contributed by atoms with van der Waals surface area (Å²) in [7, 11) is 0. The van der Waals surface area contributed by atoms with Crippen LogP contribution in [0, 0.1) is 22.7 Å². The van der Waals surface area contributed by atoms with Gasteiger partial charge in [-0.2, -0.15) is 10.5 Å². The molecule has 0 saturated heterocycles. The molecule has 90 valence electrons. The Kier molecular flexibility index (Phi) is 4.13. The maximum absolute atomic E-state index is 9.23. The van der Waals surface area contributed by atoms with E-state index in [9.17, 15) is 5.26 Å². The maximum atomic E-state index is 9.23. The number of nitrogens with zero attached hydrogens (tertiary/aromatic N) is 2. The number of hydrogen-bond donors (Lipinski definition) is 0. The topological polar surface area (TPSA) is 47.6 Å². The molecule has 0 amide bonds. The van der Waals surface area contributed by atoms with E-state index in [2.05, 4.69) is 28.1 Å². The predicted octanol–water partition coefficient (Wildman–Crippen LogP) is 4.38. The largest absolute Gasteiger partial charge is 0.192 e. The van der Waals surface area contributed by atoms with Crippen molar-refractivity contribution in [1.29, 1.82) is 10.5 Å². The second-order valence-corrected chi connectivity index (χ2v) is 4.83. The third-order valence-corrected chi connectivity index (χ3v) is 3.16. The molecule has 2 nitrogen and oxygen atoms in total. The first-order chi connectivity index (χ1) is 9.22. The van der Waals surface area contributed by atoms with E-state index in [4.69, 9.17) is 5.26 Å². The molecule has 0 atom stereocenters. The van der Waals surface area contributed by atoms with E-state index in [1.807, 2.05) is 30.3 Å². The summed E-state index contributed by atoms with van der Waals surface area (Å²) in [6.07, 6.45) is 1.83. The van der Waals surface area contributed by atoms with Crippen molar-refractivity contribution in [3.63, 3.8) is 0 Å². The molecular weight excluding hydrogens is 300 g/mol. The zero-order valence-electron chi connectivity index (χ0n) is 9.97. The molecule has 3 heteroatoms. The van der Waals surface area contributed by atoms with Crippen molar-refractivity contribution in [1.82, 2.24) is 0 Å². The van der Waals surface area contributed by atoms with Crippen molar-refractivity contribution < 1.29 is 0 Å². The highest BCUT2D eigenvalue weighted by Gasteiger charge is 2.01. The smallest absolute Gasteiger partial charge is 0.0998 e. The Morgan fingerprint density at radius 1 is 0.947 bits per heavy atom. The van der Waals surface area contributed by atoms with Gasteiger partial charge >= 0.3 is 0 Å². The van der Waals surface area contributed by atoms with Crippen molar-refractivity contribution >= 4 is 27.6 Å². The van der Waals surface area contributed by atoms with E-state index >= 15 is 0 Å². The standard InChI is InChI=1S/C16H9BrN2/c17-16-7-3-12(4-8-16)9-15(11-19)14-5-1-13(10-18)2-6-14/h1-9H/b15-9+. The molecule has 0 unspecified atom stereocenters. The number of halogens is 1. The van der Waals surface area contributed by atoms with Gasteiger partial charge in [-0.15, -0.1) is 0 Å². The minimum atomic E-state index is 0.576. The lowest BCUT2D eigenvalue weighted by Crippen LogP contribution is -1.83. The van der Waals surface area contributed by atoms with Crippen molar-refractivity contribution in [2.45, 2.75) is 0 Å². The van der Waals surface area contributed by atoms with Crippen LogP contribution in [0.3, 0.4) is 0 Å². The molecule has 0 bridgehead atoms. The Morgan fingerprint density at radius 3 is 2.11 bits per heavy atom. The van der Waals surface area contributed by atoms with Crippen LogP contribution in [-0.4, -0.2) is 0 Å². The van der Waals surface area contributed by atoms with Crippen LogP contribution in [0.1, 0.15) is 16.7 Å². The summed E-state index contributed by atoms with van der Waals surface area (Å²) in [5.41, 5.74) is 2.94. The summed E-state index contributed by atoms with van der Waals surface area (Å²) in [4.78, 5) is 0. The van der Waals surface area contributed by atoms with Crippen LogP contribution in [0.4, 0.5) is 0 Å².